The van der Waals surface area contributed by atoms with Crippen molar-refractivity contribution in [2.24, 2.45) is 0 Å². The third-order valence-corrected chi connectivity index (χ3v) is 1.96. The molecule has 0 saturated carbocycles. The highest BCUT2D eigenvalue weighted by Gasteiger charge is 2.05. The van der Waals surface area contributed by atoms with Crippen molar-refractivity contribution in [1.29, 1.82) is 0 Å². The van der Waals surface area contributed by atoms with E-state index in [-0.39, 0.29) is 6.10 Å². The average molecular weight is 219 g/mol. The SMILES string of the molecule is CC/C=C/C(C)OC(=O)Nc1ccccc1. The summed E-state index contributed by atoms with van der Waals surface area (Å²) in [5, 5.41) is 2.65. The lowest BCUT2D eigenvalue weighted by Gasteiger charge is -2.10. The van der Waals surface area contributed by atoms with Crippen LogP contribution in [0, 0.1) is 0 Å². The predicted octanol–water partition coefficient (Wildman–Crippen LogP) is 3.59. The lowest BCUT2D eigenvalue weighted by atomic mass is 10.3. The summed E-state index contributed by atoms with van der Waals surface area (Å²) in [5.41, 5.74) is 0.735. The van der Waals surface area contributed by atoms with Gasteiger partial charge in [0.25, 0.3) is 0 Å². The first kappa shape index (κ1) is 12.3. The second-order valence-electron chi connectivity index (χ2n) is 3.44. The monoisotopic (exact) mass is 219 g/mol. The molecule has 86 valence electrons. The lowest BCUT2D eigenvalue weighted by Crippen LogP contribution is -2.18. The lowest BCUT2D eigenvalue weighted by molar-refractivity contribution is 0.142. The molecule has 0 fully saturated rings. The molecule has 3 heteroatoms. The van der Waals surface area contributed by atoms with Crippen LogP contribution in [0.4, 0.5) is 10.5 Å². The molecule has 1 unspecified atom stereocenters. The van der Waals surface area contributed by atoms with Gasteiger partial charge in [-0.1, -0.05) is 31.2 Å². The van der Waals surface area contributed by atoms with Gasteiger partial charge in [0.2, 0.25) is 0 Å². The number of carbonyl (C=O) groups excluding carboxylic acids is 1. The van der Waals surface area contributed by atoms with Crippen molar-refractivity contribution in [2.45, 2.75) is 26.4 Å². The second-order valence-corrected chi connectivity index (χ2v) is 3.44. The highest BCUT2D eigenvalue weighted by atomic mass is 16.6. The van der Waals surface area contributed by atoms with E-state index in [1.54, 1.807) is 0 Å². The molecule has 0 aromatic heterocycles. The summed E-state index contributed by atoms with van der Waals surface area (Å²) in [5.74, 6) is 0. The Morgan fingerprint density at radius 1 is 1.44 bits per heavy atom. The molecule has 1 rings (SSSR count). The Hall–Kier alpha value is -1.77. The maximum Gasteiger partial charge on any atom is 0.412 e. The highest BCUT2D eigenvalue weighted by Crippen LogP contribution is 2.06. The second kappa shape index (κ2) is 6.67. The molecule has 0 bridgehead atoms. The maximum absolute atomic E-state index is 11.4. The van der Waals surface area contributed by atoms with Crippen LogP contribution in [0.1, 0.15) is 20.3 Å². The van der Waals surface area contributed by atoms with Gasteiger partial charge in [0, 0.05) is 5.69 Å². The molecule has 16 heavy (non-hydrogen) atoms. The smallest absolute Gasteiger partial charge is 0.412 e. The summed E-state index contributed by atoms with van der Waals surface area (Å²) in [6.07, 6.45) is 4.14. The van der Waals surface area contributed by atoms with E-state index in [1.165, 1.54) is 0 Å². The number of ether oxygens (including phenoxy) is 1. The van der Waals surface area contributed by atoms with Crippen LogP contribution in [0.5, 0.6) is 0 Å². The van der Waals surface area contributed by atoms with Gasteiger partial charge in [-0.25, -0.2) is 4.79 Å². The van der Waals surface area contributed by atoms with Crippen molar-refractivity contribution < 1.29 is 9.53 Å². The van der Waals surface area contributed by atoms with Crippen molar-refractivity contribution in [3.63, 3.8) is 0 Å². The molecule has 1 aromatic rings. The molecule has 0 aliphatic rings. The van der Waals surface area contributed by atoms with Crippen LogP contribution in [-0.2, 0) is 4.74 Å². The van der Waals surface area contributed by atoms with Gasteiger partial charge in [0.1, 0.15) is 6.10 Å². The Kier molecular flexibility index (Phi) is 5.12. The first-order valence-electron chi connectivity index (χ1n) is 5.41. The number of hydrogen-bond acceptors (Lipinski definition) is 2. The molecule has 0 spiro atoms. The summed E-state index contributed by atoms with van der Waals surface area (Å²) < 4.78 is 5.12. The number of anilines is 1. The minimum Gasteiger partial charge on any atom is -0.442 e. The number of benzene rings is 1. The van der Waals surface area contributed by atoms with Crippen molar-refractivity contribution >= 4 is 11.8 Å². The van der Waals surface area contributed by atoms with Crippen molar-refractivity contribution in [3.8, 4) is 0 Å². The Morgan fingerprint density at radius 2 is 2.12 bits per heavy atom. The Labute approximate surface area is 96.1 Å². The van der Waals surface area contributed by atoms with Gasteiger partial charge in [0.05, 0.1) is 0 Å². The van der Waals surface area contributed by atoms with Crippen molar-refractivity contribution in [1.82, 2.24) is 0 Å². The van der Waals surface area contributed by atoms with Gasteiger partial charge in [-0.3, -0.25) is 5.32 Å². The minimum atomic E-state index is -0.431. The summed E-state index contributed by atoms with van der Waals surface area (Å²) in [7, 11) is 0. The van der Waals surface area contributed by atoms with Gasteiger partial charge in [-0.05, 0) is 31.6 Å². The predicted molar refractivity (Wildman–Crippen MR) is 65.4 cm³/mol. The molecule has 3 nitrogen and oxygen atoms in total. The summed E-state index contributed by atoms with van der Waals surface area (Å²) >= 11 is 0. The van der Waals surface area contributed by atoms with Crippen LogP contribution in [-0.4, -0.2) is 12.2 Å². The van der Waals surface area contributed by atoms with E-state index in [0.29, 0.717) is 0 Å². The normalized spacial score (nSPS) is 12.4. The zero-order valence-electron chi connectivity index (χ0n) is 9.64. The molecular formula is C13H17NO2. The number of nitrogens with one attached hydrogen (secondary N) is 1. The largest absolute Gasteiger partial charge is 0.442 e. The third-order valence-electron chi connectivity index (χ3n) is 1.96. The van der Waals surface area contributed by atoms with E-state index in [9.17, 15) is 4.79 Å². The Bertz CT molecular complexity index is 346. The number of hydrogen-bond donors (Lipinski definition) is 1. The maximum atomic E-state index is 11.4. The Morgan fingerprint density at radius 3 is 2.75 bits per heavy atom. The van der Waals surface area contributed by atoms with Gasteiger partial charge in [-0.15, -0.1) is 0 Å². The number of allylic oxidation sites excluding steroid dienone is 1. The van der Waals surface area contributed by atoms with E-state index < -0.39 is 6.09 Å². The third kappa shape index (κ3) is 4.64. The molecule has 1 N–H and O–H groups in total. The van der Waals surface area contributed by atoms with Crippen LogP contribution in [0.2, 0.25) is 0 Å². The highest BCUT2D eigenvalue weighted by molar-refractivity contribution is 5.84. The number of para-hydroxylation sites is 1. The van der Waals surface area contributed by atoms with Gasteiger partial charge < -0.3 is 4.74 Å². The van der Waals surface area contributed by atoms with E-state index in [2.05, 4.69) is 5.32 Å². The van der Waals surface area contributed by atoms with Crippen LogP contribution in [0.3, 0.4) is 0 Å². The zero-order chi connectivity index (χ0) is 11.8. The summed E-state index contributed by atoms with van der Waals surface area (Å²) in [4.78, 5) is 11.4. The first-order valence-corrected chi connectivity index (χ1v) is 5.41. The van der Waals surface area contributed by atoms with Crippen LogP contribution < -0.4 is 5.32 Å². The summed E-state index contributed by atoms with van der Waals surface area (Å²) in [6.45, 7) is 3.87. The first-order chi connectivity index (χ1) is 7.72. The van der Waals surface area contributed by atoms with E-state index in [1.807, 2.05) is 56.3 Å². The van der Waals surface area contributed by atoms with E-state index >= 15 is 0 Å². The number of amides is 1. The topological polar surface area (TPSA) is 38.3 Å². The molecule has 1 aromatic carbocycles. The molecule has 0 radical (unpaired) electrons. The van der Waals surface area contributed by atoms with E-state index in [4.69, 9.17) is 4.74 Å². The van der Waals surface area contributed by atoms with Crippen molar-refractivity contribution in [2.75, 3.05) is 5.32 Å². The molecule has 0 heterocycles. The van der Waals surface area contributed by atoms with Crippen LogP contribution in [0.15, 0.2) is 42.5 Å². The molecule has 0 aliphatic carbocycles. The molecule has 0 saturated heterocycles. The fourth-order valence-electron chi connectivity index (χ4n) is 1.20. The molecular weight excluding hydrogens is 202 g/mol. The fraction of sp³-hybridized carbons (Fsp3) is 0.308. The van der Waals surface area contributed by atoms with Crippen LogP contribution >= 0.6 is 0 Å². The van der Waals surface area contributed by atoms with E-state index in [0.717, 1.165) is 12.1 Å². The van der Waals surface area contributed by atoms with Gasteiger partial charge >= 0.3 is 6.09 Å². The molecule has 0 aliphatic heterocycles. The van der Waals surface area contributed by atoms with Crippen LogP contribution in [0.25, 0.3) is 0 Å². The Balaban J connectivity index is 2.39. The van der Waals surface area contributed by atoms with Gasteiger partial charge in [-0.2, -0.15) is 0 Å². The minimum absolute atomic E-state index is 0.205. The number of rotatable bonds is 4. The quantitative estimate of drug-likeness (QED) is 0.786. The van der Waals surface area contributed by atoms with Gasteiger partial charge in [0.15, 0.2) is 0 Å². The standard InChI is InChI=1S/C13H17NO2/c1-3-4-8-11(2)16-13(15)14-12-9-6-5-7-10-12/h4-11H,3H2,1-2H3,(H,14,15)/b8-4+. The molecule has 1 atom stereocenters. The van der Waals surface area contributed by atoms with Crippen molar-refractivity contribution in [3.05, 3.63) is 42.5 Å². The summed E-state index contributed by atoms with van der Waals surface area (Å²) in [6, 6.07) is 9.23. The zero-order valence-corrected chi connectivity index (χ0v) is 9.64. The number of carbonyl (C=O) groups is 1. The fourth-order valence-corrected chi connectivity index (χ4v) is 1.20. The molecule has 1 amide bonds. The average Bonchev–Trinajstić information content (AvgIpc) is 2.27.